The summed E-state index contributed by atoms with van der Waals surface area (Å²) in [5.74, 6) is 0.183. The molecule has 0 amide bonds. The van der Waals surface area contributed by atoms with E-state index < -0.39 is 25.3 Å². The molecule has 7 nitrogen and oxygen atoms in total. The average Bonchev–Trinajstić information content (AvgIpc) is 3.12. The lowest BCUT2D eigenvalue weighted by Gasteiger charge is -2.15. The van der Waals surface area contributed by atoms with Gasteiger partial charge in [-0.05, 0) is 23.6 Å². The van der Waals surface area contributed by atoms with Crippen LogP contribution in [0.25, 0.3) is 0 Å². The predicted octanol–water partition coefficient (Wildman–Crippen LogP) is 0.910. The molecule has 0 aliphatic rings. The monoisotopic (exact) mass is 350 g/mol. The smallest absolute Gasteiger partial charge is 0.276 e. The number of hydrogen-bond acceptors (Lipinski definition) is 6. The van der Waals surface area contributed by atoms with Crippen molar-refractivity contribution in [2.75, 3.05) is 13.6 Å². The molecule has 116 valence electrons. The van der Waals surface area contributed by atoms with Gasteiger partial charge >= 0.3 is 0 Å². The van der Waals surface area contributed by atoms with Crippen molar-refractivity contribution in [3.8, 4) is 0 Å². The Balaban J connectivity index is 2.34. The number of nitrogens with one attached hydrogen (secondary N) is 2. The van der Waals surface area contributed by atoms with E-state index in [1.54, 1.807) is 17.5 Å². The first kappa shape index (κ1) is 16.2. The zero-order valence-electron chi connectivity index (χ0n) is 11.0. The lowest BCUT2D eigenvalue weighted by atomic mass is 10.3. The minimum atomic E-state index is -3.74. The van der Waals surface area contributed by atoms with Gasteiger partial charge in [-0.1, -0.05) is 6.07 Å². The SMILES string of the molecule is CNS(=O)(=O)NCC(c1ccco1)S(=O)(=O)c1cccs1. The summed E-state index contributed by atoms with van der Waals surface area (Å²) in [7, 11) is -6.24. The predicted molar refractivity (Wildman–Crippen MR) is 78.9 cm³/mol. The van der Waals surface area contributed by atoms with Gasteiger partial charge in [0, 0.05) is 13.6 Å². The number of thiophene rings is 1. The molecule has 2 aromatic rings. The van der Waals surface area contributed by atoms with Crippen molar-refractivity contribution in [1.82, 2.24) is 9.44 Å². The quantitative estimate of drug-likeness (QED) is 0.772. The fourth-order valence-electron chi connectivity index (χ4n) is 1.66. The van der Waals surface area contributed by atoms with Gasteiger partial charge in [-0.2, -0.15) is 8.42 Å². The highest BCUT2D eigenvalue weighted by atomic mass is 32.2. The molecule has 0 saturated heterocycles. The summed E-state index contributed by atoms with van der Waals surface area (Å²) in [6, 6.07) is 6.15. The van der Waals surface area contributed by atoms with Crippen molar-refractivity contribution in [3.63, 3.8) is 0 Å². The minimum Gasteiger partial charge on any atom is -0.468 e. The van der Waals surface area contributed by atoms with Gasteiger partial charge in [-0.15, -0.1) is 11.3 Å². The summed E-state index contributed by atoms with van der Waals surface area (Å²) in [6.45, 7) is -0.322. The maximum atomic E-state index is 12.6. The van der Waals surface area contributed by atoms with Gasteiger partial charge in [0.15, 0.2) is 9.84 Å². The maximum Gasteiger partial charge on any atom is 0.276 e. The van der Waals surface area contributed by atoms with Crippen LogP contribution in [0.4, 0.5) is 0 Å². The highest BCUT2D eigenvalue weighted by Gasteiger charge is 2.33. The van der Waals surface area contributed by atoms with Crippen LogP contribution in [-0.2, 0) is 20.0 Å². The van der Waals surface area contributed by atoms with Gasteiger partial charge in [0.2, 0.25) is 0 Å². The molecule has 10 heteroatoms. The highest BCUT2D eigenvalue weighted by molar-refractivity contribution is 7.93. The van der Waals surface area contributed by atoms with E-state index in [0.717, 1.165) is 11.3 Å². The third kappa shape index (κ3) is 3.71. The standard InChI is InChI=1S/C11H14N2O5S3/c1-12-21(16,17)13-8-10(9-4-2-6-18-9)20(14,15)11-5-3-7-19-11/h2-7,10,12-13H,8H2,1H3. The van der Waals surface area contributed by atoms with E-state index in [2.05, 4.69) is 9.44 Å². The summed E-state index contributed by atoms with van der Waals surface area (Å²) >= 11 is 1.07. The summed E-state index contributed by atoms with van der Waals surface area (Å²) in [5, 5.41) is 0.512. The van der Waals surface area contributed by atoms with Crippen LogP contribution in [0.15, 0.2) is 44.5 Å². The number of rotatable bonds is 7. The maximum absolute atomic E-state index is 12.6. The second kappa shape index (κ2) is 6.28. The molecule has 0 fully saturated rings. The van der Waals surface area contributed by atoms with Gasteiger partial charge in [0.05, 0.1) is 6.26 Å². The summed E-state index contributed by atoms with van der Waals surface area (Å²) < 4.78 is 57.6. The molecule has 0 saturated carbocycles. The number of sulfone groups is 1. The van der Waals surface area contributed by atoms with E-state index in [4.69, 9.17) is 4.42 Å². The first-order chi connectivity index (χ1) is 9.87. The molecule has 2 aromatic heterocycles. The van der Waals surface area contributed by atoms with Crippen LogP contribution in [0.2, 0.25) is 0 Å². The minimum absolute atomic E-state index is 0.160. The van der Waals surface area contributed by atoms with Gasteiger partial charge in [-0.25, -0.2) is 17.9 Å². The Morgan fingerprint density at radius 3 is 2.52 bits per heavy atom. The molecule has 0 aliphatic heterocycles. The van der Waals surface area contributed by atoms with Crippen molar-refractivity contribution in [1.29, 1.82) is 0 Å². The van der Waals surface area contributed by atoms with Crippen molar-refractivity contribution in [2.45, 2.75) is 9.46 Å². The van der Waals surface area contributed by atoms with Crippen LogP contribution in [0, 0.1) is 0 Å². The first-order valence-electron chi connectivity index (χ1n) is 5.86. The molecule has 1 unspecified atom stereocenters. The molecule has 2 N–H and O–H groups in total. The molecule has 0 radical (unpaired) electrons. The van der Waals surface area contributed by atoms with Crippen LogP contribution in [0.5, 0.6) is 0 Å². The lowest BCUT2D eigenvalue weighted by Crippen LogP contribution is -2.38. The third-order valence-electron chi connectivity index (χ3n) is 2.74. The Morgan fingerprint density at radius 2 is 2.00 bits per heavy atom. The molecule has 0 aliphatic carbocycles. The van der Waals surface area contributed by atoms with Crippen molar-refractivity contribution >= 4 is 31.4 Å². The topological polar surface area (TPSA) is 105 Å². The molecule has 0 spiro atoms. The second-order valence-electron chi connectivity index (χ2n) is 4.04. The molecule has 0 aromatic carbocycles. The molecule has 1 atom stereocenters. The van der Waals surface area contributed by atoms with Crippen LogP contribution in [0.3, 0.4) is 0 Å². The van der Waals surface area contributed by atoms with E-state index in [0.29, 0.717) is 0 Å². The summed E-state index contributed by atoms with van der Waals surface area (Å²) in [6.07, 6.45) is 1.35. The molecule has 2 rings (SSSR count). The molecule has 0 bridgehead atoms. The lowest BCUT2D eigenvalue weighted by molar-refractivity contribution is 0.486. The first-order valence-corrected chi connectivity index (χ1v) is 9.76. The van der Waals surface area contributed by atoms with Crippen LogP contribution in [-0.4, -0.2) is 30.4 Å². The largest absolute Gasteiger partial charge is 0.468 e. The molecule has 2 heterocycles. The van der Waals surface area contributed by atoms with Gasteiger partial charge in [-0.3, -0.25) is 0 Å². The molecule has 21 heavy (non-hydrogen) atoms. The summed E-state index contributed by atoms with van der Waals surface area (Å²) in [4.78, 5) is 0. The zero-order valence-corrected chi connectivity index (χ0v) is 13.5. The Hall–Kier alpha value is -1.20. The second-order valence-corrected chi connectivity index (χ2v) is 9.05. The van der Waals surface area contributed by atoms with E-state index in [9.17, 15) is 16.8 Å². The van der Waals surface area contributed by atoms with Gasteiger partial charge in [0.1, 0.15) is 15.2 Å². The Morgan fingerprint density at radius 1 is 1.24 bits per heavy atom. The van der Waals surface area contributed by atoms with Crippen LogP contribution in [0.1, 0.15) is 11.0 Å². The van der Waals surface area contributed by atoms with Crippen molar-refractivity contribution < 1.29 is 21.3 Å². The Labute approximate surface area is 127 Å². The van der Waals surface area contributed by atoms with Crippen molar-refractivity contribution in [3.05, 3.63) is 41.7 Å². The van der Waals surface area contributed by atoms with E-state index >= 15 is 0 Å². The van der Waals surface area contributed by atoms with Crippen molar-refractivity contribution in [2.24, 2.45) is 0 Å². The average molecular weight is 350 g/mol. The normalized spacial score (nSPS) is 14.1. The summed E-state index contributed by atoms with van der Waals surface area (Å²) in [5.41, 5.74) is 0. The Bertz CT molecular complexity index is 764. The zero-order chi connectivity index (χ0) is 15.5. The number of hydrogen-bond donors (Lipinski definition) is 2. The van der Waals surface area contributed by atoms with E-state index in [1.807, 2.05) is 0 Å². The third-order valence-corrected chi connectivity index (χ3v) is 7.31. The highest BCUT2D eigenvalue weighted by Crippen LogP contribution is 2.31. The fourth-order valence-corrected chi connectivity index (χ4v) is 5.09. The molecular formula is C11H14N2O5S3. The van der Waals surface area contributed by atoms with Gasteiger partial charge < -0.3 is 4.42 Å². The van der Waals surface area contributed by atoms with Gasteiger partial charge in [0.25, 0.3) is 10.2 Å². The number of furan rings is 1. The molecular weight excluding hydrogens is 336 g/mol. The fraction of sp³-hybridized carbons (Fsp3) is 0.273. The van der Waals surface area contributed by atoms with Crippen LogP contribution >= 0.6 is 11.3 Å². The van der Waals surface area contributed by atoms with E-state index in [1.165, 1.54) is 25.4 Å². The van der Waals surface area contributed by atoms with Crippen LogP contribution < -0.4 is 9.44 Å². The Kier molecular flexibility index (Phi) is 4.84. The van der Waals surface area contributed by atoms with E-state index in [-0.39, 0.29) is 16.5 Å².